The molecule has 8 nitrogen and oxygen atoms in total. The topological polar surface area (TPSA) is 128 Å². The number of benzene rings is 1. The van der Waals surface area contributed by atoms with Gasteiger partial charge in [-0.25, -0.2) is 0 Å². The number of methoxy groups -OCH3 is 1. The second kappa shape index (κ2) is 8.36. The molecule has 25 heavy (non-hydrogen) atoms. The van der Waals surface area contributed by atoms with E-state index in [2.05, 4.69) is 5.32 Å². The highest BCUT2D eigenvalue weighted by atomic mass is 16.5. The first-order chi connectivity index (χ1) is 11.9. The van der Waals surface area contributed by atoms with Gasteiger partial charge in [-0.3, -0.25) is 14.4 Å². The summed E-state index contributed by atoms with van der Waals surface area (Å²) in [5.74, 6) is -1.44. The third-order valence-electron chi connectivity index (χ3n) is 4.25. The first-order valence-electron chi connectivity index (χ1n) is 8.03. The number of anilines is 1. The Morgan fingerprint density at radius 1 is 1.16 bits per heavy atom. The molecule has 0 aliphatic heterocycles. The van der Waals surface area contributed by atoms with Crippen LogP contribution in [0.3, 0.4) is 0 Å². The smallest absolute Gasteiger partial charge is 0.306 e. The molecule has 0 heterocycles. The molecule has 1 fully saturated rings. The monoisotopic (exact) mass is 350 g/mol. The molecule has 8 heteroatoms. The van der Waals surface area contributed by atoms with E-state index in [1.807, 2.05) is 0 Å². The number of primary amides is 1. The normalized spacial score (nSPS) is 19.7. The second-order valence-electron chi connectivity index (χ2n) is 6.00. The highest BCUT2D eigenvalue weighted by Crippen LogP contribution is 2.32. The number of ether oxygens (including phenoxy) is 2. The molecule has 1 saturated carbocycles. The molecule has 136 valence electrons. The largest absolute Gasteiger partial charge is 0.493 e. The summed E-state index contributed by atoms with van der Waals surface area (Å²) in [6.45, 7) is -0.299. The number of hydrogen-bond donors (Lipinski definition) is 3. The van der Waals surface area contributed by atoms with Crippen molar-refractivity contribution in [2.24, 2.45) is 17.6 Å². The maximum Gasteiger partial charge on any atom is 0.306 e. The fraction of sp³-hybridized carbons (Fsp3) is 0.471. The van der Waals surface area contributed by atoms with Gasteiger partial charge in [-0.15, -0.1) is 0 Å². The Hall–Kier alpha value is -2.77. The van der Waals surface area contributed by atoms with Crippen LogP contribution < -0.4 is 20.5 Å². The van der Waals surface area contributed by atoms with Crippen molar-refractivity contribution in [1.29, 1.82) is 0 Å². The number of aliphatic carboxylic acids is 1. The van der Waals surface area contributed by atoms with E-state index < -0.39 is 11.9 Å². The van der Waals surface area contributed by atoms with E-state index in [1.54, 1.807) is 18.2 Å². The average Bonchev–Trinajstić information content (AvgIpc) is 2.60. The van der Waals surface area contributed by atoms with Gasteiger partial charge in [-0.1, -0.05) is 0 Å². The van der Waals surface area contributed by atoms with E-state index in [9.17, 15) is 14.4 Å². The summed E-state index contributed by atoms with van der Waals surface area (Å²) in [5, 5.41) is 11.8. The maximum absolute atomic E-state index is 12.4. The van der Waals surface area contributed by atoms with Gasteiger partial charge in [0.05, 0.1) is 13.0 Å². The minimum atomic E-state index is -0.801. The number of amides is 2. The highest BCUT2D eigenvalue weighted by Gasteiger charge is 2.29. The van der Waals surface area contributed by atoms with Crippen LogP contribution in [0.4, 0.5) is 5.69 Å². The van der Waals surface area contributed by atoms with Crippen molar-refractivity contribution in [3.05, 3.63) is 18.2 Å². The zero-order chi connectivity index (χ0) is 18.4. The highest BCUT2D eigenvalue weighted by molar-refractivity contribution is 5.93. The standard InChI is InChI=1S/C17H22N2O6/c1-24-13-7-6-12(8-14(13)25-9-15(18)20)19-16(21)10-2-4-11(5-3-10)17(22)23/h6-8,10-11H,2-5,9H2,1H3,(H2,18,20)(H,19,21)(H,22,23). The van der Waals surface area contributed by atoms with Crippen LogP contribution in [-0.4, -0.2) is 36.6 Å². The van der Waals surface area contributed by atoms with Gasteiger partial charge in [-0.2, -0.15) is 0 Å². The van der Waals surface area contributed by atoms with Crippen LogP contribution in [0.15, 0.2) is 18.2 Å². The molecule has 0 atom stereocenters. The molecule has 2 rings (SSSR count). The van der Waals surface area contributed by atoms with Crippen LogP contribution in [-0.2, 0) is 14.4 Å². The molecule has 1 aliphatic carbocycles. The number of nitrogens with one attached hydrogen (secondary N) is 1. The number of hydrogen-bond acceptors (Lipinski definition) is 5. The number of carboxylic acids is 1. The fourth-order valence-electron chi connectivity index (χ4n) is 2.86. The van der Waals surface area contributed by atoms with Gasteiger partial charge in [0.15, 0.2) is 18.1 Å². The van der Waals surface area contributed by atoms with Crippen molar-refractivity contribution >= 4 is 23.5 Å². The van der Waals surface area contributed by atoms with Crippen molar-refractivity contribution in [1.82, 2.24) is 0 Å². The van der Waals surface area contributed by atoms with Gasteiger partial charge in [-0.05, 0) is 37.8 Å². The SMILES string of the molecule is COc1ccc(NC(=O)C2CCC(C(=O)O)CC2)cc1OCC(N)=O. The molecule has 0 aromatic heterocycles. The first kappa shape index (κ1) is 18.6. The van der Waals surface area contributed by atoms with Crippen LogP contribution in [0.25, 0.3) is 0 Å². The second-order valence-corrected chi connectivity index (χ2v) is 6.00. The molecule has 0 bridgehead atoms. The molecule has 0 unspecified atom stereocenters. The predicted octanol–water partition coefficient (Wildman–Crippen LogP) is 1.39. The summed E-state index contributed by atoms with van der Waals surface area (Å²) in [4.78, 5) is 34.2. The number of carbonyl (C=O) groups excluding carboxylic acids is 2. The molecule has 2 amide bonds. The predicted molar refractivity (Wildman–Crippen MR) is 89.4 cm³/mol. The fourth-order valence-corrected chi connectivity index (χ4v) is 2.86. The Labute approximate surface area is 145 Å². The molecule has 4 N–H and O–H groups in total. The number of rotatable bonds is 7. The van der Waals surface area contributed by atoms with Crippen LogP contribution in [0.5, 0.6) is 11.5 Å². The minimum Gasteiger partial charge on any atom is -0.493 e. The molecule has 0 spiro atoms. The van der Waals surface area contributed by atoms with Crippen molar-refractivity contribution in [2.75, 3.05) is 19.0 Å². The summed E-state index contributed by atoms with van der Waals surface area (Å²) in [6, 6.07) is 4.84. The van der Waals surface area contributed by atoms with Gasteiger partial charge >= 0.3 is 5.97 Å². The Morgan fingerprint density at radius 3 is 2.36 bits per heavy atom. The molecule has 1 aliphatic rings. The maximum atomic E-state index is 12.4. The van der Waals surface area contributed by atoms with Crippen molar-refractivity contribution < 1.29 is 29.0 Å². The first-order valence-corrected chi connectivity index (χ1v) is 8.03. The lowest BCUT2D eigenvalue weighted by Crippen LogP contribution is -2.29. The lowest BCUT2D eigenvalue weighted by Gasteiger charge is -2.25. The average molecular weight is 350 g/mol. The van der Waals surface area contributed by atoms with Crippen molar-refractivity contribution in [2.45, 2.75) is 25.7 Å². The minimum absolute atomic E-state index is 0.158. The molecule has 0 radical (unpaired) electrons. The quantitative estimate of drug-likeness (QED) is 0.682. The van der Waals surface area contributed by atoms with Gasteiger partial charge in [0.25, 0.3) is 5.91 Å². The molecule has 1 aromatic carbocycles. The molecular formula is C17H22N2O6. The van der Waals surface area contributed by atoms with Gasteiger partial charge in [0, 0.05) is 17.7 Å². The lowest BCUT2D eigenvalue weighted by molar-refractivity contribution is -0.143. The Balaban J connectivity index is 1.99. The third-order valence-corrected chi connectivity index (χ3v) is 4.25. The lowest BCUT2D eigenvalue weighted by atomic mass is 9.81. The van der Waals surface area contributed by atoms with E-state index in [0.717, 1.165) is 0 Å². The summed E-state index contributed by atoms with van der Waals surface area (Å²) in [5.41, 5.74) is 5.57. The van der Waals surface area contributed by atoms with E-state index in [1.165, 1.54) is 7.11 Å². The van der Waals surface area contributed by atoms with Crippen molar-refractivity contribution in [3.63, 3.8) is 0 Å². The summed E-state index contributed by atoms with van der Waals surface area (Å²) >= 11 is 0. The third kappa shape index (κ3) is 5.10. The van der Waals surface area contributed by atoms with Crippen LogP contribution in [0, 0.1) is 11.8 Å². The Bertz CT molecular complexity index is 653. The van der Waals surface area contributed by atoms with Gasteiger partial charge < -0.3 is 25.6 Å². The van der Waals surface area contributed by atoms with Crippen LogP contribution in [0.2, 0.25) is 0 Å². The molecule has 1 aromatic rings. The number of nitrogens with two attached hydrogens (primary N) is 1. The summed E-state index contributed by atoms with van der Waals surface area (Å²) in [6.07, 6.45) is 2.10. The zero-order valence-corrected chi connectivity index (χ0v) is 14.0. The molecular weight excluding hydrogens is 328 g/mol. The Kier molecular flexibility index (Phi) is 6.21. The van der Waals surface area contributed by atoms with Crippen LogP contribution in [0.1, 0.15) is 25.7 Å². The Morgan fingerprint density at radius 2 is 1.80 bits per heavy atom. The van der Waals surface area contributed by atoms with E-state index >= 15 is 0 Å². The van der Waals surface area contributed by atoms with E-state index in [0.29, 0.717) is 42.9 Å². The van der Waals surface area contributed by atoms with Crippen LogP contribution >= 0.6 is 0 Å². The van der Waals surface area contributed by atoms with Gasteiger partial charge in [0.2, 0.25) is 5.91 Å². The summed E-state index contributed by atoms with van der Waals surface area (Å²) < 4.78 is 10.4. The number of carboxylic acid groups (broad SMARTS) is 1. The van der Waals surface area contributed by atoms with E-state index in [4.69, 9.17) is 20.3 Å². The number of carbonyl (C=O) groups is 3. The molecule has 0 saturated heterocycles. The van der Waals surface area contributed by atoms with Gasteiger partial charge in [0.1, 0.15) is 0 Å². The van der Waals surface area contributed by atoms with Crippen molar-refractivity contribution in [3.8, 4) is 11.5 Å². The zero-order valence-electron chi connectivity index (χ0n) is 14.0. The van der Waals surface area contributed by atoms with E-state index in [-0.39, 0.29) is 24.3 Å². The summed E-state index contributed by atoms with van der Waals surface area (Å²) in [7, 11) is 1.46.